The Hall–Kier alpha value is -2.76. The van der Waals surface area contributed by atoms with Gasteiger partial charge in [0.2, 0.25) is 5.78 Å². The second-order valence-electron chi connectivity index (χ2n) is 7.02. The lowest BCUT2D eigenvalue weighted by atomic mass is 10.1. The smallest absolute Gasteiger partial charge is 0.306 e. The number of hydrogen-bond acceptors (Lipinski definition) is 5. The van der Waals surface area contributed by atoms with E-state index in [1.54, 1.807) is 20.3 Å². The lowest BCUT2D eigenvalue weighted by Crippen LogP contribution is -2.15. The Morgan fingerprint density at radius 1 is 1.04 bits per heavy atom. The van der Waals surface area contributed by atoms with Crippen LogP contribution in [0.2, 0.25) is 0 Å². The Morgan fingerprint density at radius 3 is 2.29 bits per heavy atom. The first kappa shape index (κ1) is 21.5. The first-order chi connectivity index (χ1) is 13.3. The lowest BCUT2D eigenvalue weighted by Gasteiger charge is -2.13. The minimum atomic E-state index is -0.402. The molecule has 1 aromatic heterocycles. The van der Waals surface area contributed by atoms with E-state index in [1.807, 2.05) is 32.0 Å². The molecule has 0 atom stereocenters. The topological polar surface area (TPSA) is 66.8 Å². The van der Waals surface area contributed by atoms with Crippen molar-refractivity contribution in [2.45, 2.75) is 46.6 Å². The summed E-state index contributed by atoms with van der Waals surface area (Å²) < 4.78 is 17.8. The Bertz CT molecular complexity index is 851. The van der Waals surface area contributed by atoms with Gasteiger partial charge in [-0.05, 0) is 57.9 Å². The number of rotatable bonds is 9. The number of benzene rings is 1. The van der Waals surface area contributed by atoms with Crippen LogP contribution in [0, 0.1) is 13.8 Å². The molecule has 1 aromatic carbocycles. The molecule has 0 amide bonds. The molecule has 0 unspecified atom stereocenters. The van der Waals surface area contributed by atoms with E-state index >= 15 is 0 Å². The minimum Gasteiger partial charge on any atom is -0.493 e. The highest BCUT2D eigenvalue weighted by atomic mass is 16.5. The summed E-state index contributed by atoms with van der Waals surface area (Å²) in [5.41, 5.74) is 3.47. The van der Waals surface area contributed by atoms with Gasteiger partial charge < -0.3 is 18.8 Å². The molecule has 0 N–H and O–H groups in total. The first-order valence-electron chi connectivity index (χ1n) is 9.36. The molecule has 0 aliphatic heterocycles. The van der Waals surface area contributed by atoms with Gasteiger partial charge in [0.05, 0.1) is 14.2 Å². The summed E-state index contributed by atoms with van der Waals surface area (Å²) in [5.74, 6) is 0.669. The molecule has 6 heteroatoms. The molecule has 0 aliphatic carbocycles. The largest absolute Gasteiger partial charge is 0.493 e. The number of carbonyl (C=O) groups is 2. The Labute approximate surface area is 166 Å². The van der Waals surface area contributed by atoms with E-state index in [0.717, 1.165) is 17.0 Å². The zero-order valence-electron chi connectivity index (χ0n) is 17.5. The van der Waals surface area contributed by atoms with E-state index in [4.69, 9.17) is 14.2 Å². The average molecular weight is 387 g/mol. The zero-order chi connectivity index (χ0) is 20.8. The van der Waals surface area contributed by atoms with E-state index in [1.165, 1.54) is 0 Å². The van der Waals surface area contributed by atoms with Crippen molar-refractivity contribution < 1.29 is 23.8 Å². The van der Waals surface area contributed by atoms with E-state index in [9.17, 15) is 9.59 Å². The molecule has 0 saturated heterocycles. The summed E-state index contributed by atoms with van der Waals surface area (Å²) in [7, 11) is 3.14. The van der Waals surface area contributed by atoms with Gasteiger partial charge in [0.25, 0.3) is 0 Å². The van der Waals surface area contributed by atoms with Crippen LogP contribution in [-0.2, 0) is 16.0 Å². The molecule has 0 spiro atoms. The van der Waals surface area contributed by atoms with Gasteiger partial charge in [-0.15, -0.1) is 0 Å². The summed E-state index contributed by atoms with van der Waals surface area (Å²) in [6, 6.07) is 7.63. The first-order valence-corrected chi connectivity index (χ1v) is 9.36. The number of Topliss-reactive ketones (excluding diaryl/α,β-unsaturated/α-hetero) is 1. The number of carbonyl (C=O) groups excluding carboxylic acids is 2. The van der Waals surface area contributed by atoms with Crippen molar-refractivity contribution in [2.24, 2.45) is 0 Å². The van der Waals surface area contributed by atoms with E-state index in [0.29, 0.717) is 23.5 Å². The fourth-order valence-corrected chi connectivity index (χ4v) is 3.43. The van der Waals surface area contributed by atoms with Crippen molar-refractivity contribution >= 4 is 11.8 Å². The van der Waals surface area contributed by atoms with Crippen LogP contribution < -0.4 is 9.47 Å². The fraction of sp³-hybridized carbons (Fsp3) is 0.455. The van der Waals surface area contributed by atoms with E-state index in [-0.39, 0.29) is 24.9 Å². The minimum absolute atomic E-state index is 0.181. The number of ketones is 1. The summed E-state index contributed by atoms with van der Waals surface area (Å²) >= 11 is 0. The fourth-order valence-electron chi connectivity index (χ4n) is 3.43. The van der Waals surface area contributed by atoms with Crippen LogP contribution in [-0.4, -0.2) is 37.1 Å². The molecule has 0 fully saturated rings. The predicted octanol–water partition coefficient (Wildman–Crippen LogP) is 4.06. The molecule has 0 bridgehead atoms. The van der Waals surface area contributed by atoms with Crippen molar-refractivity contribution in [3.8, 4) is 11.5 Å². The van der Waals surface area contributed by atoms with E-state index in [2.05, 4.69) is 18.4 Å². The normalized spacial score (nSPS) is 10.8. The second kappa shape index (κ2) is 9.44. The van der Waals surface area contributed by atoms with Crippen LogP contribution >= 0.6 is 0 Å². The highest BCUT2D eigenvalue weighted by Crippen LogP contribution is 2.28. The molecular weight excluding hydrogens is 358 g/mol. The Kier molecular flexibility index (Phi) is 7.26. The van der Waals surface area contributed by atoms with Gasteiger partial charge in [-0.2, -0.15) is 0 Å². The second-order valence-corrected chi connectivity index (χ2v) is 7.02. The summed E-state index contributed by atoms with van der Waals surface area (Å²) in [6.45, 7) is 7.79. The van der Waals surface area contributed by atoms with Gasteiger partial charge in [-0.1, -0.05) is 6.07 Å². The van der Waals surface area contributed by atoms with Gasteiger partial charge >= 0.3 is 5.97 Å². The summed E-state index contributed by atoms with van der Waals surface area (Å²) in [5, 5.41) is 0. The lowest BCUT2D eigenvalue weighted by molar-refractivity contribution is -0.142. The standard InChI is InChI=1S/C22H29NO5/c1-14(2)23-15(3)11-18(16(23)4)19(24)13-28-22(25)10-8-17-7-9-20(26-5)21(12-17)27-6/h7,9,11-12,14H,8,10,13H2,1-6H3. The quantitative estimate of drug-likeness (QED) is 0.479. The third-order valence-electron chi connectivity index (χ3n) is 4.73. The van der Waals surface area contributed by atoms with Crippen LogP contribution in [0.3, 0.4) is 0 Å². The van der Waals surface area contributed by atoms with Crippen molar-refractivity contribution in [3.63, 3.8) is 0 Å². The maximum atomic E-state index is 12.5. The molecule has 0 aliphatic rings. The molecule has 1 heterocycles. The van der Waals surface area contributed by atoms with Crippen LogP contribution in [0.1, 0.15) is 53.6 Å². The van der Waals surface area contributed by atoms with Crippen molar-refractivity contribution in [3.05, 3.63) is 46.8 Å². The van der Waals surface area contributed by atoms with Gasteiger partial charge in [0, 0.05) is 29.4 Å². The number of aryl methyl sites for hydroxylation is 2. The molecule has 0 saturated carbocycles. The molecule has 0 radical (unpaired) electrons. The maximum absolute atomic E-state index is 12.5. The Balaban J connectivity index is 1.91. The number of ether oxygens (including phenoxy) is 3. The number of methoxy groups -OCH3 is 2. The van der Waals surface area contributed by atoms with E-state index < -0.39 is 5.97 Å². The Morgan fingerprint density at radius 2 is 1.71 bits per heavy atom. The average Bonchev–Trinajstić information content (AvgIpc) is 2.98. The molecule has 6 nitrogen and oxygen atoms in total. The van der Waals surface area contributed by atoms with Gasteiger partial charge in [0.1, 0.15) is 0 Å². The number of hydrogen-bond donors (Lipinski definition) is 0. The molecular formula is C22H29NO5. The third-order valence-corrected chi connectivity index (χ3v) is 4.73. The maximum Gasteiger partial charge on any atom is 0.306 e. The van der Waals surface area contributed by atoms with Crippen molar-refractivity contribution in [1.29, 1.82) is 0 Å². The highest BCUT2D eigenvalue weighted by molar-refractivity contribution is 5.99. The number of aromatic nitrogens is 1. The van der Waals surface area contributed by atoms with Gasteiger partial charge in [-0.3, -0.25) is 9.59 Å². The molecule has 2 rings (SSSR count). The molecule has 28 heavy (non-hydrogen) atoms. The van der Waals surface area contributed by atoms with Crippen LogP contribution in [0.4, 0.5) is 0 Å². The summed E-state index contributed by atoms with van der Waals surface area (Å²) in [6.07, 6.45) is 0.684. The van der Waals surface area contributed by atoms with Crippen molar-refractivity contribution in [1.82, 2.24) is 4.57 Å². The number of nitrogens with zero attached hydrogens (tertiary/aromatic N) is 1. The third kappa shape index (κ3) is 4.94. The van der Waals surface area contributed by atoms with Gasteiger partial charge in [-0.25, -0.2) is 0 Å². The summed E-state index contributed by atoms with van der Waals surface area (Å²) in [4.78, 5) is 24.5. The van der Waals surface area contributed by atoms with Crippen LogP contribution in [0.25, 0.3) is 0 Å². The van der Waals surface area contributed by atoms with Gasteiger partial charge in [0.15, 0.2) is 18.1 Å². The highest BCUT2D eigenvalue weighted by Gasteiger charge is 2.18. The van der Waals surface area contributed by atoms with Crippen LogP contribution in [0.15, 0.2) is 24.3 Å². The zero-order valence-corrected chi connectivity index (χ0v) is 17.5. The van der Waals surface area contributed by atoms with Crippen LogP contribution in [0.5, 0.6) is 11.5 Å². The SMILES string of the molecule is COc1ccc(CCC(=O)OCC(=O)c2cc(C)n(C(C)C)c2C)cc1OC. The predicted molar refractivity (Wildman–Crippen MR) is 107 cm³/mol. The van der Waals surface area contributed by atoms with Crippen molar-refractivity contribution in [2.75, 3.05) is 20.8 Å². The molecule has 152 valence electrons. The molecule has 2 aromatic rings. The number of esters is 1. The monoisotopic (exact) mass is 387 g/mol.